The lowest BCUT2D eigenvalue weighted by Gasteiger charge is -2.23. The maximum atomic E-state index is 12.7. The third-order valence-corrected chi connectivity index (χ3v) is 3.55. The minimum absolute atomic E-state index is 0.205. The number of benzene rings is 1. The van der Waals surface area contributed by atoms with Crippen LogP contribution >= 0.6 is 12.2 Å². The number of halogens is 1. The van der Waals surface area contributed by atoms with Gasteiger partial charge in [-0.25, -0.2) is 4.39 Å². The summed E-state index contributed by atoms with van der Waals surface area (Å²) in [6, 6.07) is 5.92. The van der Waals surface area contributed by atoms with Crippen LogP contribution in [0.2, 0.25) is 0 Å². The molecule has 19 heavy (non-hydrogen) atoms. The van der Waals surface area contributed by atoms with Crippen LogP contribution in [0.25, 0.3) is 0 Å². The number of amides is 1. The first-order chi connectivity index (χ1) is 9.15. The zero-order chi connectivity index (χ0) is 13.7. The molecule has 1 fully saturated rings. The molecular formula is C14H17FN2OS. The predicted octanol–water partition coefficient (Wildman–Crippen LogP) is 3.01. The summed E-state index contributed by atoms with van der Waals surface area (Å²) >= 11 is 5.09. The molecular weight excluding hydrogens is 263 g/mol. The van der Waals surface area contributed by atoms with Crippen LogP contribution < -0.4 is 10.6 Å². The van der Waals surface area contributed by atoms with E-state index in [0.717, 1.165) is 12.8 Å². The Morgan fingerprint density at radius 2 is 1.79 bits per heavy atom. The van der Waals surface area contributed by atoms with Gasteiger partial charge in [0, 0.05) is 11.7 Å². The van der Waals surface area contributed by atoms with E-state index in [1.807, 2.05) is 0 Å². The number of carbonyl (C=O) groups excluding carboxylic acids is 1. The summed E-state index contributed by atoms with van der Waals surface area (Å²) in [5.74, 6) is -0.673. The van der Waals surface area contributed by atoms with Crippen molar-refractivity contribution < 1.29 is 9.18 Å². The van der Waals surface area contributed by atoms with Gasteiger partial charge in [-0.05, 0) is 37.1 Å². The van der Waals surface area contributed by atoms with Crippen molar-refractivity contribution in [3.05, 3.63) is 30.1 Å². The van der Waals surface area contributed by atoms with Crippen LogP contribution in [0.1, 0.15) is 32.1 Å². The molecule has 1 aliphatic carbocycles. The summed E-state index contributed by atoms with van der Waals surface area (Å²) in [7, 11) is 0. The van der Waals surface area contributed by atoms with Crippen molar-refractivity contribution in [1.29, 1.82) is 0 Å². The molecule has 2 rings (SSSR count). The fourth-order valence-electron chi connectivity index (χ4n) is 2.22. The first kappa shape index (κ1) is 13.9. The zero-order valence-corrected chi connectivity index (χ0v) is 11.4. The van der Waals surface area contributed by atoms with E-state index >= 15 is 0 Å². The van der Waals surface area contributed by atoms with Crippen LogP contribution in [0.15, 0.2) is 24.3 Å². The molecule has 2 N–H and O–H groups in total. The zero-order valence-electron chi connectivity index (χ0n) is 10.6. The lowest BCUT2D eigenvalue weighted by molar-refractivity contribution is -0.110. The second kappa shape index (κ2) is 6.61. The van der Waals surface area contributed by atoms with E-state index in [0.29, 0.717) is 11.7 Å². The van der Waals surface area contributed by atoms with Crippen molar-refractivity contribution >= 4 is 28.8 Å². The summed E-state index contributed by atoms with van der Waals surface area (Å²) in [5.41, 5.74) is 0.541. The fourth-order valence-corrected chi connectivity index (χ4v) is 2.44. The predicted molar refractivity (Wildman–Crippen MR) is 77.6 cm³/mol. The van der Waals surface area contributed by atoms with Crippen LogP contribution in [-0.2, 0) is 4.79 Å². The summed E-state index contributed by atoms with van der Waals surface area (Å²) in [6.07, 6.45) is 5.74. The molecule has 0 spiro atoms. The Bertz CT molecular complexity index is 455. The molecule has 5 heteroatoms. The molecule has 3 nitrogen and oxygen atoms in total. The molecule has 102 valence electrons. The highest BCUT2D eigenvalue weighted by Crippen LogP contribution is 2.17. The van der Waals surface area contributed by atoms with Gasteiger partial charge in [0.1, 0.15) is 5.82 Å². The summed E-state index contributed by atoms with van der Waals surface area (Å²) in [6.45, 7) is 0. The molecule has 0 radical (unpaired) electrons. The molecule has 0 atom stereocenters. The van der Waals surface area contributed by atoms with Crippen molar-refractivity contribution in [2.75, 3.05) is 5.32 Å². The van der Waals surface area contributed by atoms with Crippen molar-refractivity contribution in [2.45, 2.75) is 38.1 Å². The van der Waals surface area contributed by atoms with E-state index in [4.69, 9.17) is 12.2 Å². The Morgan fingerprint density at radius 1 is 1.16 bits per heavy atom. The summed E-state index contributed by atoms with van der Waals surface area (Å²) in [5, 5.41) is 5.74. The first-order valence-electron chi connectivity index (χ1n) is 6.52. The quantitative estimate of drug-likeness (QED) is 0.818. The van der Waals surface area contributed by atoms with Crippen molar-refractivity contribution in [2.24, 2.45) is 0 Å². The number of carbonyl (C=O) groups is 1. The molecule has 0 aromatic heterocycles. The molecule has 1 aromatic carbocycles. The van der Waals surface area contributed by atoms with Crippen LogP contribution in [0.5, 0.6) is 0 Å². The van der Waals surface area contributed by atoms with Gasteiger partial charge in [-0.1, -0.05) is 31.5 Å². The normalized spacial score (nSPS) is 15.8. The van der Waals surface area contributed by atoms with Gasteiger partial charge in [0.15, 0.2) is 4.99 Å². The summed E-state index contributed by atoms with van der Waals surface area (Å²) < 4.78 is 12.7. The van der Waals surface area contributed by atoms with Gasteiger partial charge in [-0.2, -0.15) is 0 Å². The molecule has 1 amide bonds. The average molecular weight is 280 g/mol. The molecule has 0 unspecified atom stereocenters. The molecule has 0 saturated heterocycles. The maximum absolute atomic E-state index is 12.7. The SMILES string of the molecule is O=C(Nc1ccc(F)cc1)C(=S)NC1CCCCC1. The molecule has 1 aromatic rings. The van der Waals surface area contributed by atoms with Crippen LogP contribution in [-0.4, -0.2) is 16.9 Å². The molecule has 0 aliphatic heterocycles. The van der Waals surface area contributed by atoms with Gasteiger partial charge in [0.25, 0.3) is 5.91 Å². The number of rotatable bonds is 2. The van der Waals surface area contributed by atoms with Gasteiger partial charge >= 0.3 is 0 Å². The number of anilines is 1. The van der Waals surface area contributed by atoms with E-state index in [1.165, 1.54) is 43.5 Å². The monoisotopic (exact) mass is 280 g/mol. The minimum Gasteiger partial charge on any atom is -0.369 e. The Balaban J connectivity index is 1.84. The van der Waals surface area contributed by atoms with Gasteiger partial charge in [0.2, 0.25) is 0 Å². The van der Waals surface area contributed by atoms with E-state index in [9.17, 15) is 9.18 Å². The topological polar surface area (TPSA) is 41.1 Å². The fraction of sp³-hybridized carbons (Fsp3) is 0.429. The van der Waals surface area contributed by atoms with E-state index < -0.39 is 0 Å². The van der Waals surface area contributed by atoms with E-state index in [1.54, 1.807) is 0 Å². The largest absolute Gasteiger partial charge is 0.369 e. The van der Waals surface area contributed by atoms with Gasteiger partial charge < -0.3 is 10.6 Å². The Morgan fingerprint density at radius 3 is 2.42 bits per heavy atom. The number of thiocarbonyl (C=S) groups is 1. The highest BCUT2D eigenvalue weighted by atomic mass is 32.1. The Kier molecular flexibility index (Phi) is 4.85. The first-order valence-corrected chi connectivity index (χ1v) is 6.93. The lowest BCUT2D eigenvalue weighted by atomic mass is 9.95. The van der Waals surface area contributed by atoms with Crippen LogP contribution in [0.4, 0.5) is 10.1 Å². The molecule has 1 saturated carbocycles. The van der Waals surface area contributed by atoms with E-state index in [-0.39, 0.29) is 16.7 Å². The highest BCUT2D eigenvalue weighted by Gasteiger charge is 2.17. The Hall–Kier alpha value is -1.49. The highest BCUT2D eigenvalue weighted by molar-refractivity contribution is 7.82. The van der Waals surface area contributed by atoms with Gasteiger partial charge in [-0.3, -0.25) is 4.79 Å². The van der Waals surface area contributed by atoms with Gasteiger partial charge in [0.05, 0.1) is 0 Å². The van der Waals surface area contributed by atoms with Crippen molar-refractivity contribution in [3.8, 4) is 0 Å². The Labute approximate surface area is 117 Å². The lowest BCUT2D eigenvalue weighted by Crippen LogP contribution is -2.41. The second-order valence-electron chi connectivity index (χ2n) is 4.77. The van der Waals surface area contributed by atoms with Crippen molar-refractivity contribution in [1.82, 2.24) is 5.32 Å². The van der Waals surface area contributed by atoms with Gasteiger partial charge in [-0.15, -0.1) is 0 Å². The third-order valence-electron chi connectivity index (χ3n) is 3.25. The smallest absolute Gasteiger partial charge is 0.283 e. The second-order valence-corrected chi connectivity index (χ2v) is 5.18. The number of hydrogen-bond donors (Lipinski definition) is 2. The number of hydrogen-bond acceptors (Lipinski definition) is 2. The molecule has 0 heterocycles. The number of nitrogens with one attached hydrogen (secondary N) is 2. The van der Waals surface area contributed by atoms with E-state index in [2.05, 4.69) is 10.6 Å². The minimum atomic E-state index is -0.341. The summed E-state index contributed by atoms with van der Waals surface area (Å²) in [4.78, 5) is 12.1. The molecule has 0 bridgehead atoms. The average Bonchev–Trinajstić information content (AvgIpc) is 2.42. The maximum Gasteiger partial charge on any atom is 0.283 e. The third kappa shape index (κ3) is 4.28. The standard InChI is InChI=1S/C14H17FN2OS/c15-10-6-8-12(9-7-10)16-13(18)14(19)17-11-4-2-1-3-5-11/h6-9,11H,1-5H2,(H,16,18)(H,17,19). The van der Waals surface area contributed by atoms with Crippen LogP contribution in [0, 0.1) is 5.82 Å². The van der Waals surface area contributed by atoms with Crippen LogP contribution in [0.3, 0.4) is 0 Å². The van der Waals surface area contributed by atoms with Crippen molar-refractivity contribution in [3.63, 3.8) is 0 Å². The molecule has 1 aliphatic rings.